The molecule has 0 saturated heterocycles. The summed E-state index contributed by atoms with van der Waals surface area (Å²) in [6.45, 7) is 0. The molecule has 1 unspecified atom stereocenters. The average molecular weight is 283 g/mol. The van der Waals surface area contributed by atoms with Crippen molar-refractivity contribution in [1.82, 2.24) is 5.43 Å². The molecule has 2 nitrogen and oxygen atoms in total. The lowest BCUT2D eigenvalue weighted by molar-refractivity contribution is -0.155. The highest BCUT2D eigenvalue weighted by Gasteiger charge is 2.38. The van der Waals surface area contributed by atoms with E-state index >= 15 is 0 Å². The maximum Gasteiger partial charge on any atom is 0.405 e. The van der Waals surface area contributed by atoms with E-state index in [9.17, 15) is 13.2 Å². The van der Waals surface area contributed by atoms with Crippen molar-refractivity contribution in [3.05, 3.63) is 34.3 Å². The molecule has 0 spiro atoms. The predicted octanol–water partition coefficient (Wildman–Crippen LogP) is 2.39. The molecular weight excluding hydrogens is 273 g/mol. The zero-order valence-corrected chi connectivity index (χ0v) is 9.27. The summed E-state index contributed by atoms with van der Waals surface area (Å²) in [5.74, 6) is 4.86. The number of benzene rings is 1. The van der Waals surface area contributed by atoms with Gasteiger partial charge in [0.05, 0.1) is 0 Å². The van der Waals surface area contributed by atoms with Crippen molar-refractivity contribution in [2.45, 2.75) is 18.6 Å². The highest BCUT2D eigenvalue weighted by molar-refractivity contribution is 9.10. The third-order valence-electron chi connectivity index (χ3n) is 1.95. The number of nitrogens with one attached hydrogen (secondary N) is 1. The summed E-state index contributed by atoms with van der Waals surface area (Å²) in [6.07, 6.45) is -4.50. The van der Waals surface area contributed by atoms with Crippen molar-refractivity contribution in [1.29, 1.82) is 0 Å². The maximum atomic E-state index is 12.3. The third-order valence-corrected chi connectivity index (χ3v) is 2.48. The Kier molecular flexibility index (Phi) is 4.12. The van der Waals surface area contributed by atoms with Gasteiger partial charge >= 0.3 is 6.18 Å². The van der Waals surface area contributed by atoms with Gasteiger partial charge in [0.1, 0.15) is 6.04 Å². The summed E-state index contributed by atoms with van der Waals surface area (Å²) < 4.78 is 37.8. The summed E-state index contributed by atoms with van der Waals surface area (Å²) in [6, 6.07) is 4.93. The normalized spacial score (nSPS) is 13.9. The van der Waals surface area contributed by atoms with Gasteiger partial charge in [-0.2, -0.15) is 13.2 Å². The Morgan fingerprint density at radius 3 is 2.20 bits per heavy atom. The first-order valence-corrected chi connectivity index (χ1v) is 5.00. The molecular formula is C9H10BrF3N2. The topological polar surface area (TPSA) is 38.0 Å². The predicted molar refractivity (Wildman–Crippen MR) is 55.0 cm³/mol. The van der Waals surface area contributed by atoms with E-state index in [1.807, 2.05) is 0 Å². The number of hydrogen-bond acceptors (Lipinski definition) is 2. The molecule has 0 aliphatic carbocycles. The fourth-order valence-corrected chi connectivity index (χ4v) is 1.39. The van der Waals surface area contributed by atoms with Crippen LogP contribution in [-0.2, 0) is 6.42 Å². The van der Waals surface area contributed by atoms with Gasteiger partial charge in [0.15, 0.2) is 0 Å². The number of rotatable bonds is 3. The summed E-state index contributed by atoms with van der Waals surface area (Å²) in [4.78, 5) is 0. The molecule has 0 aliphatic rings. The highest BCUT2D eigenvalue weighted by atomic mass is 79.9. The SMILES string of the molecule is NNC(Cc1ccc(Br)cc1)C(F)(F)F. The van der Waals surface area contributed by atoms with Gasteiger partial charge in [-0.15, -0.1) is 0 Å². The largest absolute Gasteiger partial charge is 0.405 e. The van der Waals surface area contributed by atoms with Crippen LogP contribution in [0.1, 0.15) is 5.56 Å². The van der Waals surface area contributed by atoms with E-state index in [0.717, 1.165) is 4.47 Å². The van der Waals surface area contributed by atoms with Crippen LogP contribution in [0.25, 0.3) is 0 Å². The molecule has 0 aromatic heterocycles. The van der Waals surface area contributed by atoms with Gasteiger partial charge in [-0.3, -0.25) is 5.84 Å². The van der Waals surface area contributed by atoms with Crippen LogP contribution >= 0.6 is 15.9 Å². The summed E-state index contributed by atoms with van der Waals surface area (Å²) in [5.41, 5.74) is 2.35. The molecule has 0 heterocycles. The van der Waals surface area contributed by atoms with Gasteiger partial charge in [0.2, 0.25) is 0 Å². The van der Waals surface area contributed by atoms with E-state index in [1.54, 1.807) is 29.7 Å². The van der Waals surface area contributed by atoms with Gasteiger partial charge in [-0.05, 0) is 24.1 Å². The zero-order valence-electron chi connectivity index (χ0n) is 7.68. The van der Waals surface area contributed by atoms with Crippen LogP contribution in [0.2, 0.25) is 0 Å². The standard InChI is InChI=1S/C9H10BrF3N2/c10-7-3-1-6(2-4-7)5-8(15-14)9(11,12)13/h1-4,8,15H,5,14H2. The van der Waals surface area contributed by atoms with Crippen molar-refractivity contribution in [3.8, 4) is 0 Å². The number of hydrazine groups is 1. The Labute approximate surface area is 93.8 Å². The Balaban J connectivity index is 2.71. The highest BCUT2D eigenvalue weighted by Crippen LogP contribution is 2.23. The lowest BCUT2D eigenvalue weighted by Gasteiger charge is -2.19. The van der Waals surface area contributed by atoms with Gasteiger partial charge in [0.25, 0.3) is 0 Å². The van der Waals surface area contributed by atoms with E-state index in [1.165, 1.54) is 0 Å². The van der Waals surface area contributed by atoms with E-state index in [0.29, 0.717) is 5.56 Å². The number of nitrogens with two attached hydrogens (primary N) is 1. The molecule has 0 radical (unpaired) electrons. The monoisotopic (exact) mass is 282 g/mol. The molecule has 1 atom stereocenters. The minimum absolute atomic E-state index is 0.173. The van der Waals surface area contributed by atoms with Crippen molar-refractivity contribution >= 4 is 15.9 Å². The van der Waals surface area contributed by atoms with Crippen LogP contribution in [0, 0.1) is 0 Å². The van der Waals surface area contributed by atoms with Crippen LogP contribution in [0.4, 0.5) is 13.2 Å². The van der Waals surface area contributed by atoms with Crippen molar-refractivity contribution in [2.75, 3.05) is 0 Å². The minimum Gasteiger partial charge on any atom is -0.271 e. The second kappa shape index (κ2) is 4.96. The first-order valence-electron chi connectivity index (χ1n) is 4.21. The Bertz CT molecular complexity index is 310. The van der Waals surface area contributed by atoms with E-state index in [4.69, 9.17) is 5.84 Å². The molecule has 0 bridgehead atoms. The quantitative estimate of drug-likeness (QED) is 0.660. The smallest absolute Gasteiger partial charge is 0.271 e. The molecule has 0 saturated carbocycles. The van der Waals surface area contributed by atoms with Crippen LogP contribution in [-0.4, -0.2) is 12.2 Å². The zero-order chi connectivity index (χ0) is 11.5. The van der Waals surface area contributed by atoms with Crippen LogP contribution < -0.4 is 11.3 Å². The Hall–Kier alpha value is -0.590. The molecule has 0 amide bonds. The molecule has 3 N–H and O–H groups in total. The molecule has 1 aromatic carbocycles. The summed E-state index contributed by atoms with van der Waals surface area (Å²) in [7, 11) is 0. The third kappa shape index (κ3) is 3.81. The molecule has 1 aromatic rings. The van der Waals surface area contributed by atoms with Crippen molar-refractivity contribution in [3.63, 3.8) is 0 Å². The van der Waals surface area contributed by atoms with Crippen LogP contribution in [0.15, 0.2) is 28.7 Å². The minimum atomic E-state index is -4.33. The molecule has 15 heavy (non-hydrogen) atoms. The Morgan fingerprint density at radius 2 is 1.80 bits per heavy atom. The number of hydrogen-bond donors (Lipinski definition) is 2. The molecule has 6 heteroatoms. The van der Waals surface area contributed by atoms with Crippen molar-refractivity contribution < 1.29 is 13.2 Å². The first kappa shape index (κ1) is 12.5. The van der Waals surface area contributed by atoms with Gasteiger partial charge in [0, 0.05) is 4.47 Å². The fraction of sp³-hybridized carbons (Fsp3) is 0.333. The fourth-order valence-electron chi connectivity index (χ4n) is 1.13. The molecule has 1 rings (SSSR count). The summed E-state index contributed by atoms with van der Waals surface area (Å²) in [5, 5.41) is 0. The Morgan fingerprint density at radius 1 is 1.27 bits per heavy atom. The molecule has 84 valence electrons. The maximum absolute atomic E-state index is 12.3. The summed E-state index contributed by atoms with van der Waals surface area (Å²) >= 11 is 3.21. The van der Waals surface area contributed by atoms with E-state index < -0.39 is 12.2 Å². The second-order valence-corrected chi connectivity index (χ2v) is 4.01. The van der Waals surface area contributed by atoms with Gasteiger partial charge in [-0.25, -0.2) is 5.43 Å². The molecule has 0 aliphatic heterocycles. The van der Waals surface area contributed by atoms with Gasteiger partial charge < -0.3 is 0 Å². The molecule has 0 fully saturated rings. The van der Waals surface area contributed by atoms with Crippen LogP contribution in [0.3, 0.4) is 0 Å². The van der Waals surface area contributed by atoms with Crippen molar-refractivity contribution in [2.24, 2.45) is 5.84 Å². The van der Waals surface area contributed by atoms with E-state index in [-0.39, 0.29) is 6.42 Å². The van der Waals surface area contributed by atoms with Gasteiger partial charge in [-0.1, -0.05) is 28.1 Å². The first-order chi connectivity index (χ1) is 6.93. The second-order valence-electron chi connectivity index (χ2n) is 3.09. The van der Waals surface area contributed by atoms with Crippen LogP contribution in [0.5, 0.6) is 0 Å². The van der Waals surface area contributed by atoms with E-state index in [2.05, 4.69) is 15.9 Å². The lowest BCUT2D eigenvalue weighted by Crippen LogP contribution is -2.47. The number of halogens is 4. The number of alkyl halides is 3. The lowest BCUT2D eigenvalue weighted by atomic mass is 10.1. The average Bonchev–Trinajstić information content (AvgIpc) is 2.15.